The molecule has 1 heterocycles. The first-order chi connectivity index (χ1) is 11.7. The lowest BCUT2D eigenvalue weighted by Gasteiger charge is -2.34. The van der Waals surface area contributed by atoms with E-state index in [1.807, 2.05) is 0 Å². The lowest BCUT2D eigenvalue weighted by molar-refractivity contribution is 0.339. The van der Waals surface area contributed by atoms with Gasteiger partial charge in [-0.2, -0.15) is 0 Å². The number of para-hydroxylation sites is 1. The second-order valence-electron chi connectivity index (χ2n) is 6.98. The Kier molecular flexibility index (Phi) is 4.11. The van der Waals surface area contributed by atoms with E-state index >= 15 is 0 Å². The molecule has 1 atom stereocenters. The highest BCUT2D eigenvalue weighted by atomic mass is 35.5. The number of nitrogens with one attached hydrogen (secondary N) is 1. The van der Waals surface area contributed by atoms with Crippen molar-refractivity contribution in [2.24, 2.45) is 5.73 Å². The topological polar surface area (TPSA) is 41.8 Å². The molecular formula is C21H23ClN2. The van der Waals surface area contributed by atoms with E-state index < -0.39 is 0 Å². The number of fused-ring (bicyclic) bond motifs is 3. The molecule has 1 aliphatic rings. The molecular weight excluding hydrogens is 316 g/mol. The van der Waals surface area contributed by atoms with Gasteiger partial charge in [0.05, 0.1) is 5.54 Å². The first kappa shape index (κ1) is 15.7. The van der Waals surface area contributed by atoms with E-state index in [1.165, 1.54) is 33.3 Å². The second kappa shape index (κ2) is 6.27. The van der Waals surface area contributed by atoms with Crippen LogP contribution in [0.25, 0.3) is 10.9 Å². The summed E-state index contributed by atoms with van der Waals surface area (Å²) >= 11 is 5.87. The number of nitrogens with two attached hydrogens (primary N) is 1. The predicted octanol–water partition coefficient (Wildman–Crippen LogP) is 5.03. The van der Waals surface area contributed by atoms with Gasteiger partial charge in [-0.15, -0.1) is 11.6 Å². The van der Waals surface area contributed by atoms with Gasteiger partial charge in [-0.05, 0) is 54.9 Å². The van der Waals surface area contributed by atoms with E-state index in [2.05, 4.69) is 53.5 Å². The molecule has 0 fully saturated rings. The molecule has 0 spiro atoms. The van der Waals surface area contributed by atoms with Crippen LogP contribution in [0, 0.1) is 0 Å². The van der Waals surface area contributed by atoms with Gasteiger partial charge in [0.1, 0.15) is 0 Å². The number of H-pyrrole nitrogens is 1. The molecule has 124 valence electrons. The summed E-state index contributed by atoms with van der Waals surface area (Å²) in [7, 11) is 0. The summed E-state index contributed by atoms with van der Waals surface area (Å²) in [5, 5.41) is 1.34. The van der Waals surface area contributed by atoms with E-state index in [1.54, 1.807) is 0 Å². The molecule has 0 aliphatic heterocycles. The monoisotopic (exact) mass is 338 g/mol. The van der Waals surface area contributed by atoms with Crippen molar-refractivity contribution >= 4 is 22.5 Å². The maximum absolute atomic E-state index is 6.89. The Morgan fingerprint density at radius 1 is 1.04 bits per heavy atom. The van der Waals surface area contributed by atoms with Crippen LogP contribution in [0.3, 0.4) is 0 Å². The third-order valence-electron chi connectivity index (χ3n) is 5.40. The quantitative estimate of drug-likeness (QED) is 0.644. The zero-order valence-corrected chi connectivity index (χ0v) is 14.6. The van der Waals surface area contributed by atoms with E-state index in [0.717, 1.165) is 32.1 Å². The second-order valence-corrected chi connectivity index (χ2v) is 7.25. The van der Waals surface area contributed by atoms with Gasteiger partial charge in [0.2, 0.25) is 0 Å². The van der Waals surface area contributed by atoms with Crippen LogP contribution in [0.5, 0.6) is 0 Å². The molecule has 1 unspecified atom stereocenters. The Morgan fingerprint density at radius 3 is 2.58 bits per heavy atom. The van der Waals surface area contributed by atoms with Crippen molar-refractivity contribution in [3.63, 3.8) is 0 Å². The number of aromatic nitrogens is 1. The average Bonchev–Trinajstić information content (AvgIpc) is 3.01. The Balaban J connectivity index is 1.61. The highest BCUT2D eigenvalue weighted by molar-refractivity contribution is 6.17. The minimum atomic E-state index is -0.252. The molecule has 4 rings (SSSR count). The lowest BCUT2D eigenvalue weighted by atomic mass is 9.77. The summed E-state index contributed by atoms with van der Waals surface area (Å²) in [4.78, 5) is 3.62. The molecule has 0 saturated carbocycles. The zero-order valence-electron chi connectivity index (χ0n) is 13.8. The van der Waals surface area contributed by atoms with Crippen molar-refractivity contribution < 1.29 is 0 Å². The van der Waals surface area contributed by atoms with E-state index in [-0.39, 0.29) is 5.54 Å². The van der Waals surface area contributed by atoms with Crippen LogP contribution in [0.1, 0.15) is 41.6 Å². The van der Waals surface area contributed by atoms with Gasteiger partial charge < -0.3 is 10.7 Å². The molecule has 3 aromatic rings. The highest BCUT2D eigenvalue weighted by Crippen LogP contribution is 2.39. The van der Waals surface area contributed by atoms with Crippen molar-refractivity contribution in [3.05, 3.63) is 70.9 Å². The summed E-state index contributed by atoms with van der Waals surface area (Å²) in [5.74, 6) is 0.569. The number of halogens is 1. The van der Waals surface area contributed by atoms with E-state index in [9.17, 15) is 0 Å². The normalized spacial score (nSPS) is 20.2. The van der Waals surface area contributed by atoms with Crippen molar-refractivity contribution in [2.75, 3.05) is 0 Å². The third-order valence-corrected chi connectivity index (χ3v) is 5.71. The smallest absolute Gasteiger partial charge is 0.0568 e. The van der Waals surface area contributed by atoms with Crippen molar-refractivity contribution in [3.8, 4) is 0 Å². The number of aryl methyl sites for hydroxylation is 2. The maximum Gasteiger partial charge on any atom is 0.0568 e. The minimum absolute atomic E-state index is 0.252. The first-order valence-corrected chi connectivity index (χ1v) is 9.26. The SMILES string of the molecule is NC1(CCc2ccc(CCl)cc2)CCCc2c1[nH]c1ccccc21. The molecule has 0 radical (unpaired) electrons. The van der Waals surface area contributed by atoms with Gasteiger partial charge in [0.25, 0.3) is 0 Å². The number of hydrogen-bond acceptors (Lipinski definition) is 1. The van der Waals surface area contributed by atoms with Crippen LogP contribution in [-0.4, -0.2) is 4.98 Å². The first-order valence-electron chi connectivity index (χ1n) is 8.72. The zero-order chi connectivity index (χ0) is 16.6. The van der Waals surface area contributed by atoms with Crippen LogP contribution in [0.15, 0.2) is 48.5 Å². The van der Waals surface area contributed by atoms with E-state index in [4.69, 9.17) is 17.3 Å². The number of alkyl halides is 1. The molecule has 2 nitrogen and oxygen atoms in total. The van der Waals surface area contributed by atoms with Crippen LogP contribution in [0.2, 0.25) is 0 Å². The fourth-order valence-electron chi connectivity index (χ4n) is 4.00. The summed E-state index contributed by atoms with van der Waals surface area (Å²) in [5.41, 5.74) is 13.0. The van der Waals surface area contributed by atoms with Gasteiger partial charge in [0.15, 0.2) is 0 Å². The molecule has 1 aliphatic carbocycles. The van der Waals surface area contributed by atoms with E-state index in [0.29, 0.717) is 5.88 Å². The summed E-state index contributed by atoms with van der Waals surface area (Å²) in [6, 6.07) is 17.1. The van der Waals surface area contributed by atoms with Crippen LogP contribution < -0.4 is 5.73 Å². The van der Waals surface area contributed by atoms with Crippen LogP contribution >= 0.6 is 11.6 Å². The number of aromatic amines is 1. The fourth-order valence-corrected chi connectivity index (χ4v) is 4.18. The van der Waals surface area contributed by atoms with Gasteiger partial charge >= 0.3 is 0 Å². The Labute approximate surface area is 148 Å². The number of benzene rings is 2. The Morgan fingerprint density at radius 2 is 1.79 bits per heavy atom. The molecule has 3 N–H and O–H groups in total. The van der Waals surface area contributed by atoms with Crippen molar-refractivity contribution in [1.29, 1.82) is 0 Å². The predicted molar refractivity (Wildman–Crippen MR) is 101 cm³/mol. The third kappa shape index (κ3) is 2.74. The van der Waals surface area contributed by atoms with Gasteiger partial charge in [-0.3, -0.25) is 0 Å². The molecule has 24 heavy (non-hydrogen) atoms. The molecule has 3 heteroatoms. The standard InChI is InChI=1S/C21H23ClN2/c22-14-16-9-7-15(8-10-16)11-13-21(23)12-3-5-18-17-4-1-2-6-19(17)24-20(18)21/h1-2,4,6-10,24H,3,5,11-14,23H2. The van der Waals surface area contributed by atoms with Crippen LogP contribution in [-0.2, 0) is 24.3 Å². The summed E-state index contributed by atoms with van der Waals surface area (Å²) < 4.78 is 0. The van der Waals surface area contributed by atoms with Gasteiger partial charge in [-0.1, -0.05) is 42.5 Å². The Bertz CT molecular complexity index is 850. The van der Waals surface area contributed by atoms with Gasteiger partial charge in [0, 0.05) is 22.5 Å². The van der Waals surface area contributed by atoms with Crippen LogP contribution in [0.4, 0.5) is 0 Å². The molecule has 0 amide bonds. The minimum Gasteiger partial charge on any atom is -0.357 e. The van der Waals surface area contributed by atoms with Crippen molar-refractivity contribution in [1.82, 2.24) is 4.98 Å². The fraction of sp³-hybridized carbons (Fsp3) is 0.333. The Hall–Kier alpha value is -1.77. The highest BCUT2D eigenvalue weighted by Gasteiger charge is 2.34. The molecule has 0 saturated heterocycles. The maximum atomic E-state index is 6.89. The molecule has 1 aromatic heterocycles. The lowest BCUT2D eigenvalue weighted by Crippen LogP contribution is -2.40. The molecule has 0 bridgehead atoms. The summed E-state index contributed by atoms with van der Waals surface area (Å²) in [6.45, 7) is 0. The number of rotatable bonds is 4. The van der Waals surface area contributed by atoms with Gasteiger partial charge in [-0.25, -0.2) is 0 Å². The molecule has 2 aromatic carbocycles. The summed E-state index contributed by atoms with van der Waals surface area (Å²) in [6.07, 6.45) is 5.30. The largest absolute Gasteiger partial charge is 0.357 e. The average molecular weight is 339 g/mol. The number of hydrogen-bond donors (Lipinski definition) is 2. The van der Waals surface area contributed by atoms with Crippen molar-refractivity contribution in [2.45, 2.75) is 43.5 Å².